The molecule has 3 nitrogen and oxygen atoms in total. The first-order valence-corrected chi connectivity index (χ1v) is 5.61. The number of benzene rings is 1. The Morgan fingerprint density at radius 2 is 1.85 bits per heavy atom. The Bertz CT molecular complexity index is 777. The van der Waals surface area contributed by atoms with Gasteiger partial charge in [0.05, 0.1) is 23.5 Å². The normalized spacial score (nSPS) is 12.0. The second-order valence-corrected chi connectivity index (χ2v) is 4.21. The predicted molar refractivity (Wildman–Crippen MR) is 64.3 cm³/mol. The van der Waals surface area contributed by atoms with Gasteiger partial charge in [-0.25, -0.2) is 4.39 Å². The third-order valence-corrected chi connectivity index (χ3v) is 2.95. The van der Waals surface area contributed by atoms with Crippen molar-refractivity contribution in [2.75, 3.05) is 0 Å². The molecule has 0 unspecified atom stereocenters. The number of aromatic amines is 1. The Morgan fingerprint density at radius 3 is 2.55 bits per heavy atom. The molecule has 1 N–H and O–H groups in total. The number of rotatable bonds is 1. The first kappa shape index (κ1) is 12.6. The number of hydrogen-bond donors (Lipinski definition) is 1. The van der Waals surface area contributed by atoms with Crippen molar-refractivity contribution in [2.45, 2.75) is 6.18 Å². The van der Waals surface area contributed by atoms with Crippen molar-refractivity contribution in [1.29, 1.82) is 0 Å². The molecule has 2 aromatic heterocycles. The average Bonchev–Trinajstić information content (AvgIpc) is 2.85. The third kappa shape index (κ3) is 2.01. The van der Waals surface area contributed by atoms with E-state index in [2.05, 4.69) is 15.2 Å². The highest BCUT2D eigenvalue weighted by atomic mass is 19.4. The molecule has 0 radical (unpaired) electrons. The summed E-state index contributed by atoms with van der Waals surface area (Å²) in [6.45, 7) is 0. The lowest BCUT2D eigenvalue weighted by Gasteiger charge is -2.10. The highest BCUT2D eigenvalue weighted by Gasteiger charge is 2.32. The maximum absolute atomic E-state index is 13.8. The molecule has 0 atom stereocenters. The van der Waals surface area contributed by atoms with Crippen LogP contribution in [0.25, 0.3) is 22.0 Å². The largest absolute Gasteiger partial charge is 0.416 e. The van der Waals surface area contributed by atoms with Crippen LogP contribution in [0.2, 0.25) is 0 Å². The highest BCUT2D eigenvalue weighted by Crippen LogP contribution is 2.37. The average molecular weight is 281 g/mol. The summed E-state index contributed by atoms with van der Waals surface area (Å²) < 4.78 is 52.4. The molecule has 0 aliphatic carbocycles. The SMILES string of the molecule is Fc1cnccc1-c1cc(C(F)(F)F)cc2[nH]ncc12. The molecule has 1 aromatic carbocycles. The molecule has 0 saturated heterocycles. The van der Waals surface area contributed by atoms with Gasteiger partial charge in [0.15, 0.2) is 0 Å². The number of halogens is 4. The molecule has 0 saturated carbocycles. The fourth-order valence-electron chi connectivity index (χ4n) is 2.03. The van der Waals surface area contributed by atoms with Gasteiger partial charge in [-0.2, -0.15) is 18.3 Å². The summed E-state index contributed by atoms with van der Waals surface area (Å²) in [6.07, 6.45) is -0.867. The number of alkyl halides is 3. The molecule has 0 fully saturated rings. The van der Waals surface area contributed by atoms with Gasteiger partial charge in [0.2, 0.25) is 0 Å². The molecular weight excluding hydrogens is 274 g/mol. The Morgan fingerprint density at radius 1 is 1.05 bits per heavy atom. The molecule has 0 aliphatic heterocycles. The molecule has 3 aromatic rings. The van der Waals surface area contributed by atoms with Crippen LogP contribution in [0.15, 0.2) is 36.8 Å². The smallest absolute Gasteiger partial charge is 0.278 e. The van der Waals surface area contributed by atoms with Crippen LogP contribution in [-0.4, -0.2) is 15.2 Å². The highest BCUT2D eigenvalue weighted by molar-refractivity contribution is 5.95. The molecule has 0 bridgehead atoms. The van der Waals surface area contributed by atoms with Gasteiger partial charge in [-0.3, -0.25) is 10.1 Å². The molecule has 0 spiro atoms. The van der Waals surface area contributed by atoms with Gasteiger partial charge in [-0.1, -0.05) is 0 Å². The second kappa shape index (κ2) is 4.29. The number of nitrogens with one attached hydrogen (secondary N) is 1. The van der Waals surface area contributed by atoms with Gasteiger partial charge in [0.1, 0.15) is 5.82 Å². The summed E-state index contributed by atoms with van der Waals surface area (Å²) in [5.41, 5.74) is -0.479. The van der Waals surface area contributed by atoms with Crippen molar-refractivity contribution < 1.29 is 17.6 Å². The summed E-state index contributed by atoms with van der Waals surface area (Å²) in [5, 5.41) is 6.60. The number of fused-ring (bicyclic) bond motifs is 1. The minimum atomic E-state index is -4.52. The van der Waals surface area contributed by atoms with E-state index >= 15 is 0 Å². The van der Waals surface area contributed by atoms with Crippen LogP contribution in [0.4, 0.5) is 17.6 Å². The lowest BCUT2D eigenvalue weighted by atomic mass is 9.99. The van der Waals surface area contributed by atoms with Crippen LogP contribution in [0.3, 0.4) is 0 Å². The van der Waals surface area contributed by atoms with Crippen molar-refractivity contribution >= 4 is 10.9 Å². The quantitative estimate of drug-likeness (QED) is 0.690. The Kier molecular flexibility index (Phi) is 2.70. The standard InChI is InChI=1S/C13H7F4N3/c14-11-6-18-2-1-8(11)9-3-7(13(15,16)17)4-12-10(9)5-19-20-12/h1-6H,(H,19,20). The Labute approximate surface area is 110 Å². The zero-order chi connectivity index (χ0) is 14.3. The molecule has 102 valence electrons. The first-order valence-electron chi connectivity index (χ1n) is 5.61. The second-order valence-electron chi connectivity index (χ2n) is 4.21. The van der Waals surface area contributed by atoms with E-state index in [-0.39, 0.29) is 16.6 Å². The molecule has 7 heteroatoms. The molecule has 2 heterocycles. The van der Waals surface area contributed by atoms with Crippen LogP contribution in [0.1, 0.15) is 5.56 Å². The van der Waals surface area contributed by atoms with Crippen LogP contribution in [0, 0.1) is 5.82 Å². The van der Waals surface area contributed by atoms with Gasteiger partial charge in [0.25, 0.3) is 0 Å². The number of aromatic nitrogens is 3. The van der Waals surface area contributed by atoms with Crippen LogP contribution >= 0.6 is 0 Å². The topological polar surface area (TPSA) is 41.6 Å². The van der Waals surface area contributed by atoms with E-state index < -0.39 is 17.6 Å². The fraction of sp³-hybridized carbons (Fsp3) is 0.0769. The minimum absolute atomic E-state index is 0.0532. The first-order chi connectivity index (χ1) is 9.47. The van der Waals surface area contributed by atoms with Crippen LogP contribution in [-0.2, 0) is 6.18 Å². The number of nitrogens with zero attached hydrogens (tertiary/aromatic N) is 2. The maximum Gasteiger partial charge on any atom is 0.416 e. The van der Waals surface area contributed by atoms with E-state index in [1.165, 1.54) is 18.5 Å². The van der Waals surface area contributed by atoms with Gasteiger partial charge in [-0.15, -0.1) is 0 Å². The minimum Gasteiger partial charge on any atom is -0.278 e. The lowest BCUT2D eigenvalue weighted by molar-refractivity contribution is -0.137. The van der Waals surface area contributed by atoms with E-state index in [0.29, 0.717) is 5.39 Å². The molecular formula is C13H7F4N3. The zero-order valence-electron chi connectivity index (χ0n) is 9.87. The van der Waals surface area contributed by atoms with Gasteiger partial charge in [0, 0.05) is 17.1 Å². The van der Waals surface area contributed by atoms with E-state index in [4.69, 9.17) is 0 Å². The zero-order valence-corrected chi connectivity index (χ0v) is 9.87. The lowest BCUT2D eigenvalue weighted by Crippen LogP contribution is -2.05. The van der Waals surface area contributed by atoms with E-state index in [1.54, 1.807) is 0 Å². The summed E-state index contributed by atoms with van der Waals surface area (Å²) in [5.74, 6) is -0.686. The summed E-state index contributed by atoms with van der Waals surface area (Å²) in [6, 6.07) is 3.19. The van der Waals surface area contributed by atoms with Crippen LogP contribution in [0.5, 0.6) is 0 Å². The number of pyridine rings is 1. The molecule has 0 amide bonds. The summed E-state index contributed by atoms with van der Waals surface area (Å²) in [7, 11) is 0. The number of H-pyrrole nitrogens is 1. The van der Waals surface area contributed by atoms with Gasteiger partial charge < -0.3 is 0 Å². The van der Waals surface area contributed by atoms with Crippen molar-refractivity contribution in [3.63, 3.8) is 0 Å². The third-order valence-electron chi connectivity index (χ3n) is 2.95. The van der Waals surface area contributed by atoms with Crippen molar-refractivity contribution in [1.82, 2.24) is 15.2 Å². The fourth-order valence-corrected chi connectivity index (χ4v) is 2.03. The number of hydrogen-bond acceptors (Lipinski definition) is 2. The predicted octanol–water partition coefficient (Wildman–Crippen LogP) is 3.78. The van der Waals surface area contributed by atoms with Crippen LogP contribution < -0.4 is 0 Å². The Hall–Kier alpha value is -2.44. The monoisotopic (exact) mass is 281 g/mol. The van der Waals surface area contributed by atoms with Crippen molar-refractivity contribution in [2.24, 2.45) is 0 Å². The van der Waals surface area contributed by atoms with Gasteiger partial charge >= 0.3 is 6.18 Å². The van der Waals surface area contributed by atoms with Crippen molar-refractivity contribution in [3.8, 4) is 11.1 Å². The van der Waals surface area contributed by atoms with E-state index in [9.17, 15) is 17.6 Å². The molecule has 20 heavy (non-hydrogen) atoms. The Balaban J connectivity index is 2.34. The maximum atomic E-state index is 13.8. The van der Waals surface area contributed by atoms with E-state index in [1.807, 2.05) is 0 Å². The van der Waals surface area contributed by atoms with E-state index in [0.717, 1.165) is 18.3 Å². The summed E-state index contributed by atoms with van der Waals surface area (Å²) >= 11 is 0. The molecule has 0 aliphatic rings. The van der Waals surface area contributed by atoms with Crippen molar-refractivity contribution in [3.05, 3.63) is 48.2 Å². The molecule has 3 rings (SSSR count). The summed E-state index contributed by atoms with van der Waals surface area (Å²) in [4.78, 5) is 3.59. The van der Waals surface area contributed by atoms with Gasteiger partial charge in [-0.05, 0) is 23.8 Å².